The number of aliphatic hydroxyl groups excluding tert-OH is 1. The number of cyclic esters (lactones) is 2. The highest BCUT2D eigenvalue weighted by atomic mass is 32.1. The van der Waals surface area contributed by atoms with Gasteiger partial charge in [-0.1, -0.05) is 12.1 Å². The first-order valence-corrected chi connectivity index (χ1v) is 36.1. The number of pyridine rings is 1. The Balaban J connectivity index is 0.911. The zero-order valence-corrected chi connectivity index (χ0v) is 58.7. The number of benzene rings is 1. The van der Waals surface area contributed by atoms with Gasteiger partial charge >= 0.3 is 17.9 Å². The van der Waals surface area contributed by atoms with Gasteiger partial charge in [-0.15, -0.1) is 56.7 Å². The van der Waals surface area contributed by atoms with E-state index in [-0.39, 0.29) is 124 Å². The molecule has 3 saturated heterocycles. The molecule has 0 saturated carbocycles. The number of morpholine rings is 1. The zero-order valence-electron chi connectivity index (χ0n) is 54.6. The highest BCUT2D eigenvalue weighted by molar-refractivity contribution is 7.14. The van der Waals surface area contributed by atoms with Crippen LogP contribution in [0.15, 0.2) is 56.9 Å². The Kier molecular flexibility index (Phi) is 19.6. The fourth-order valence-corrected chi connectivity index (χ4v) is 17.1. The van der Waals surface area contributed by atoms with Gasteiger partial charge in [0.15, 0.2) is 23.8 Å². The largest absolute Gasteiger partial charge is 0.506 e. The van der Waals surface area contributed by atoms with Gasteiger partial charge in [0.1, 0.15) is 120 Å². The third-order valence-electron chi connectivity index (χ3n) is 18.0. The molecule has 0 spiro atoms. The molecule has 7 aromatic heterocycles. The first-order valence-electron chi connectivity index (χ1n) is 31.7. The van der Waals surface area contributed by atoms with Gasteiger partial charge in [-0.2, -0.15) is 4.73 Å². The second-order valence-electron chi connectivity index (χ2n) is 24.6. The van der Waals surface area contributed by atoms with E-state index in [0.29, 0.717) is 43.1 Å². The molecule has 530 valence electrons. The average Bonchev–Trinajstić information content (AvgIpc) is 1.64. The number of esters is 3. The number of nitrogens with zero attached hydrogens (tertiary/aromatic N) is 9. The molecule has 37 heteroatoms. The summed E-state index contributed by atoms with van der Waals surface area (Å²) >= 11 is 4.74. The number of nitrogens with one attached hydrogen (secondary N) is 4. The molecule has 12 bridgehead atoms. The minimum absolute atomic E-state index is 0.0119. The van der Waals surface area contributed by atoms with Gasteiger partial charge < -0.3 is 79.3 Å². The summed E-state index contributed by atoms with van der Waals surface area (Å²) < 4.78 is 56.1. The number of methoxy groups -OCH3 is 1. The minimum atomic E-state index is -1.83. The number of carbonyl (C=O) groups excluding carboxylic acids is 7. The van der Waals surface area contributed by atoms with Crippen molar-refractivity contribution >= 4 is 115 Å². The molecule has 4 amide bonds. The summed E-state index contributed by atoms with van der Waals surface area (Å²) in [5, 5.41) is 54.2. The first kappa shape index (κ1) is 69.3. The summed E-state index contributed by atoms with van der Waals surface area (Å²) in [5.41, 5.74) is -1.47. The Hall–Kier alpha value is -8.83. The molecule has 3 fully saturated rings. The van der Waals surface area contributed by atoms with Gasteiger partial charge in [-0.3, -0.25) is 29.0 Å². The highest BCUT2D eigenvalue weighted by Crippen LogP contribution is 2.44. The van der Waals surface area contributed by atoms with Gasteiger partial charge in [0, 0.05) is 69.5 Å². The number of carbonyl (C=O) groups is 7. The standard InChI is InChI=1S/C64H65N13O19S5/c1-27(78)43-55(83)73-44(28(2)88-6)58-68-37(24-99-58)54(82)74-47-49-50(96-41-17-64(4)51(29(3)95-41)75(5)26-94-64)63(86)92-18-30-8-7-9-39-42(30)32(19-91-49)48(77(39)87)62(85)93-20-33(65-52(80)35-23-100-60(47)69-35)57-66-34(21-98-57)45-31(56-67-36(22-97-56)53(81)72-43)16-40(79)46(71-45)59-70-38(25-101-59)61(84)90-15-12-76-10-13-89-14-11-76/h7-9,16,21-25,27,29,33,41,43,47,49-51,78-79,87H,10-15,17-20,26H2,1-6H3,(H,65,80)(H,72,81)(H,73,83)(H,74,82)/b44-28+. The molecule has 8 aromatic rings. The lowest BCUT2D eigenvalue weighted by molar-refractivity contribution is -0.268. The number of amides is 4. The van der Waals surface area contributed by atoms with Gasteiger partial charge in [0.05, 0.1) is 63.0 Å². The van der Waals surface area contributed by atoms with Crippen LogP contribution in [-0.4, -0.2) is 217 Å². The van der Waals surface area contributed by atoms with Crippen LogP contribution in [0.25, 0.3) is 49.3 Å². The van der Waals surface area contributed by atoms with Crippen molar-refractivity contribution in [1.29, 1.82) is 0 Å². The third-order valence-corrected chi connectivity index (χ3v) is 22.4. The van der Waals surface area contributed by atoms with Crippen molar-refractivity contribution in [3.8, 4) is 38.4 Å². The van der Waals surface area contributed by atoms with Crippen molar-refractivity contribution in [3.63, 3.8) is 0 Å². The number of thiazole rings is 5. The number of rotatable bonds is 9. The smallest absolute Gasteiger partial charge is 0.358 e. The van der Waals surface area contributed by atoms with Gasteiger partial charge in [-0.05, 0) is 52.4 Å². The van der Waals surface area contributed by atoms with Crippen LogP contribution in [0.3, 0.4) is 0 Å². The Bertz CT molecular complexity index is 4610. The van der Waals surface area contributed by atoms with E-state index in [9.17, 15) is 29.8 Å². The normalized spacial score (nSPS) is 25.5. The topological polar surface area (TPSA) is 400 Å². The highest BCUT2D eigenvalue weighted by Gasteiger charge is 2.54. The maximum atomic E-state index is 15.2. The Morgan fingerprint density at radius 2 is 1.53 bits per heavy atom. The molecule has 10 atom stereocenters. The lowest BCUT2D eigenvalue weighted by Gasteiger charge is -2.45. The Morgan fingerprint density at radius 3 is 2.32 bits per heavy atom. The van der Waals surface area contributed by atoms with Crippen LogP contribution in [0.2, 0.25) is 0 Å². The molecular weight excluding hydrogens is 1420 g/mol. The molecule has 6 aliphatic heterocycles. The Morgan fingerprint density at radius 1 is 0.832 bits per heavy atom. The molecule has 32 nitrogen and oxygen atoms in total. The van der Waals surface area contributed by atoms with Gasteiger partial charge in [0.2, 0.25) is 5.91 Å². The molecule has 101 heavy (non-hydrogen) atoms. The second-order valence-corrected chi connectivity index (χ2v) is 29.0. The number of likely N-dealkylation sites (N-methyl/N-ethyl adjacent to an activating group) is 1. The van der Waals surface area contributed by atoms with Crippen LogP contribution in [0, 0.1) is 0 Å². The van der Waals surface area contributed by atoms with E-state index in [1.54, 1.807) is 17.5 Å². The second kappa shape index (κ2) is 28.5. The van der Waals surface area contributed by atoms with E-state index >= 15 is 19.2 Å². The fourth-order valence-electron chi connectivity index (χ4n) is 12.9. The van der Waals surface area contributed by atoms with Crippen molar-refractivity contribution < 1.29 is 91.6 Å². The molecule has 0 aliphatic carbocycles. The molecule has 6 aliphatic rings. The summed E-state index contributed by atoms with van der Waals surface area (Å²) in [4.78, 5) is 135. The molecule has 1 aromatic carbocycles. The molecule has 7 N–H and O–H groups in total. The van der Waals surface area contributed by atoms with Crippen molar-refractivity contribution in [2.45, 2.75) is 108 Å². The zero-order chi connectivity index (χ0) is 70.7. The maximum absolute atomic E-state index is 15.2. The number of aromatic hydroxyl groups is 1. The van der Waals surface area contributed by atoms with Crippen LogP contribution in [-0.2, 0) is 65.4 Å². The number of allylic oxidation sites excluding steroid dienone is 1. The third kappa shape index (κ3) is 13.7. The summed E-state index contributed by atoms with van der Waals surface area (Å²) in [5.74, 6) is -6.77. The van der Waals surface area contributed by atoms with Crippen molar-refractivity contribution in [2.75, 3.05) is 67.0 Å². The van der Waals surface area contributed by atoms with E-state index in [0.717, 1.165) is 56.7 Å². The fraction of sp³-hybridized carbons (Fsp3) is 0.422. The minimum Gasteiger partial charge on any atom is -0.506 e. The van der Waals surface area contributed by atoms with Crippen LogP contribution < -0.4 is 21.3 Å². The lowest BCUT2D eigenvalue weighted by atomic mass is 9.86. The summed E-state index contributed by atoms with van der Waals surface area (Å²) in [6.45, 7) is 8.20. The Labute approximate surface area is 593 Å². The van der Waals surface area contributed by atoms with E-state index < -0.39 is 127 Å². The maximum Gasteiger partial charge on any atom is 0.358 e. The van der Waals surface area contributed by atoms with E-state index in [2.05, 4.69) is 41.1 Å². The van der Waals surface area contributed by atoms with Gasteiger partial charge in [-0.25, -0.2) is 44.3 Å². The SMILES string of the molecule is CO/C(C)=C1/NC(=O)C(C(C)O)NC(=O)c2csc(n2)-c2cc(O)c(-c3nc(C(=O)OCCN4CCOCC4)cs3)nc2-c2csc(n2)C2COC(=O)c3c4c5c(cccc5n3O)COC(=O)C(OC3CC5(C)OCN(C)C5C(C)O3)C(OC4)C(NC(=O)c3csc1n3)c1nc(cs1)C(=O)N2. The quantitative estimate of drug-likeness (QED) is 0.0432. The number of aromatic nitrogens is 7. The average molecular weight is 1480 g/mol. The molecule has 13 heterocycles. The number of aliphatic hydroxyl groups is 1. The summed E-state index contributed by atoms with van der Waals surface area (Å²) in [6, 6.07) is 1.28. The van der Waals surface area contributed by atoms with Crippen molar-refractivity contribution in [1.82, 2.24) is 65.7 Å². The first-order chi connectivity index (χ1) is 48.6. The van der Waals surface area contributed by atoms with Gasteiger partial charge in [0.25, 0.3) is 17.7 Å². The molecule has 10 unspecified atom stereocenters. The number of hydrogen-bond acceptors (Lipinski definition) is 32. The predicted octanol–water partition coefficient (Wildman–Crippen LogP) is 5.02. The van der Waals surface area contributed by atoms with Crippen LogP contribution >= 0.6 is 56.7 Å². The molecule has 0 radical (unpaired) electrons. The van der Waals surface area contributed by atoms with Crippen molar-refractivity contribution in [3.05, 3.63) is 112 Å². The predicted molar refractivity (Wildman–Crippen MR) is 360 cm³/mol. The molecule has 14 rings (SSSR count). The van der Waals surface area contributed by atoms with E-state index in [4.69, 9.17) is 57.6 Å². The summed E-state index contributed by atoms with van der Waals surface area (Å²) in [7, 11) is 3.22. The van der Waals surface area contributed by atoms with Crippen molar-refractivity contribution in [2.24, 2.45) is 0 Å². The van der Waals surface area contributed by atoms with E-state index in [1.807, 2.05) is 25.8 Å². The monoisotopic (exact) mass is 1480 g/mol. The number of hydrogen-bond donors (Lipinski definition) is 7. The summed E-state index contributed by atoms with van der Waals surface area (Å²) in [6.07, 6.45) is -6.69. The van der Waals surface area contributed by atoms with Crippen LogP contribution in [0.1, 0.15) is 125 Å². The van der Waals surface area contributed by atoms with Crippen LogP contribution in [0.5, 0.6) is 5.75 Å². The number of fused-ring (bicyclic) bond motifs is 16. The number of ether oxygens (including phenoxy) is 9. The van der Waals surface area contributed by atoms with Crippen LogP contribution in [0.4, 0.5) is 0 Å². The molecular formula is C64H65N13O19S5. The lowest BCUT2D eigenvalue weighted by Crippen LogP contribution is -2.58. The van der Waals surface area contributed by atoms with E-state index in [1.165, 1.54) is 54.6 Å².